The Hall–Kier alpha value is -8.22. The number of furan rings is 1. The number of fused-ring (bicyclic) bond motifs is 7. The van der Waals surface area contributed by atoms with Crippen molar-refractivity contribution in [1.82, 2.24) is 24.5 Å². The fourth-order valence-electron chi connectivity index (χ4n) is 8.52. The normalized spacial score (nSPS) is 11.7. The molecule has 60 heavy (non-hydrogen) atoms. The number of hydrogen-bond acceptors (Lipinski definition) is 5. The van der Waals surface area contributed by atoms with Gasteiger partial charge in [-0.1, -0.05) is 146 Å². The molecule has 6 heteroatoms. The highest BCUT2D eigenvalue weighted by molar-refractivity contribution is 6.09. The molecule has 4 aromatic heterocycles. The fraction of sp³-hybridized carbons (Fsp3) is 0. The minimum atomic E-state index is 0.536. The van der Waals surface area contributed by atoms with Crippen molar-refractivity contribution < 1.29 is 4.42 Å². The first-order chi connectivity index (χ1) is 29.7. The summed E-state index contributed by atoms with van der Waals surface area (Å²) in [7, 11) is 0. The van der Waals surface area contributed by atoms with Crippen LogP contribution in [0.5, 0.6) is 0 Å². The molecule has 0 fully saturated rings. The van der Waals surface area contributed by atoms with Crippen molar-refractivity contribution in [3.05, 3.63) is 200 Å². The van der Waals surface area contributed by atoms with Crippen molar-refractivity contribution in [3.63, 3.8) is 0 Å². The minimum Gasteiger partial charge on any atom is -0.438 e. The topological polar surface area (TPSA) is 69.6 Å². The first-order valence-corrected chi connectivity index (χ1v) is 20.0. The van der Waals surface area contributed by atoms with Crippen LogP contribution in [0, 0.1) is 0 Å². The molecule has 12 aromatic rings. The lowest BCUT2D eigenvalue weighted by Gasteiger charge is -2.11. The van der Waals surface area contributed by atoms with E-state index in [1.165, 1.54) is 32.6 Å². The average Bonchev–Trinajstić information content (AvgIpc) is 3.87. The standard InChI is InChI=1S/C54H33N5O/c1-2-11-38-30-40(25-22-34(38)10-1)35-20-23-37(24-21-35)51-56-52(58-53(57-51)42-32-47-46-16-5-8-19-50(46)60-54(47)55-33-42)41-13-9-12-39(31-41)36-26-28-43(29-27-36)59-48-17-6-3-14-44(48)45-15-4-7-18-49(45)59/h1-33H. The first-order valence-electron chi connectivity index (χ1n) is 20.0. The van der Waals surface area contributed by atoms with Crippen molar-refractivity contribution >= 4 is 54.6 Å². The van der Waals surface area contributed by atoms with E-state index >= 15 is 0 Å². The lowest BCUT2D eigenvalue weighted by Crippen LogP contribution is -2.00. The van der Waals surface area contributed by atoms with Gasteiger partial charge in [0.1, 0.15) is 5.58 Å². The summed E-state index contributed by atoms with van der Waals surface area (Å²) in [6.07, 6.45) is 1.78. The maximum absolute atomic E-state index is 6.06. The molecule has 0 atom stereocenters. The number of benzene rings is 8. The molecule has 0 aliphatic rings. The van der Waals surface area contributed by atoms with E-state index in [9.17, 15) is 0 Å². The van der Waals surface area contributed by atoms with Crippen LogP contribution in [0.3, 0.4) is 0 Å². The highest BCUT2D eigenvalue weighted by Gasteiger charge is 2.17. The molecule has 0 aliphatic heterocycles. The Kier molecular flexibility index (Phi) is 7.74. The summed E-state index contributed by atoms with van der Waals surface area (Å²) in [5.41, 5.74) is 11.9. The number of nitrogens with zero attached hydrogens (tertiary/aromatic N) is 5. The van der Waals surface area contributed by atoms with Crippen LogP contribution in [0.2, 0.25) is 0 Å². The molecule has 0 amide bonds. The third-order valence-electron chi connectivity index (χ3n) is 11.5. The summed E-state index contributed by atoms with van der Waals surface area (Å²) >= 11 is 0. The van der Waals surface area contributed by atoms with Gasteiger partial charge in [-0.3, -0.25) is 0 Å². The van der Waals surface area contributed by atoms with Crippen LogP contribution in [0.15, 0.2) is 205 Å². The monoisotopic (exact) mass is 767 g/mol. The van der Waals surface area contributed by atoms with E-state index in [0.717, 1.165) is 61.0 Å². The second-order valence-corrected chi connectivity index (χ2v) is 15.1. The Balaban J connectivity index is 0.946. The summed E-state index contributed by atoms with van der Waals surface area (Å²) in [4.78, 5) is 20.0. The molecule has 8 aromatic carbocycles. The van der Waals surface area contributed by atoms with Gasteiger partial charge in [0, 0.05) is 50.1 Å². The Bertz CT molecular complexity index is 3550. The number of rotatable bonds is 6. The second-order valence-electron chi connectivity index (χ2n) is 15.1. The van der Waals surface area contributed by atoms with Gasteiger partial charge in [-0.15, -0.1) is 0 Å². The van der Waals surface area contributed by atoms with E-state index in [4.69, 9.17) is 24.4 Å². The van der Waals surface area contributed by atoms with Gasteiger partial charge in [0.25, 0.3) is 0 Å². The van der Waals surface area contributed by atoms with E-state index in [-0.39, 0.29) is 0 Å². The first kappa shape index (κ1) is 33.9. The molecule has 6 nitrogen and oxygen atoms in total. The predicted octanol–water partition coefficient (Wildman–Crippen LogP) is 13.8. The number of aromatic nitrogens is 5. The van der Waals surface area contributed by atoms with Crippen LogP contribution >= 0.6 is 0 Å². The fourth-order valence-corrected chi connectivity index (χ4v) is 8.52. The smallest absolute Gasteiger partial charge is 0.227 e. The second kappa shape index (κ2) is 13.7. The number of para-hydroxylation sites is 3. The molecule has 0 saturated carbocycles. The van der Waals surface area contributed by atoms with Crippen LogP contribution in [0.1, 0.15) is 0 Å². The van der Waals surface area contributed by atoms with Crippen molar-refractivity contribution in [2.75, 3.05) is 0 Å². The van der Waals surface area contributed by atoms with E-state index in [1.54, 1.807) is 6.20 Å². The van der Waals surface area contributed by atoms with Gasteiger partial charge in [0.05, 0.1) is 11.0 Å². The van der Waals surface area contributed by atoms with Gasteiger partial charge in [-0.25, -0.2) is 19.9 Å². The molecular formula is C54H33N5O. The van der Waals surface area contributed by atoms with Gasteiger partial charge in [-0.05, 0) is 81.6 Å². The Morgan fingerprint density at radius 1 is 0.350 bits per heavy atom. The Labute approximate surface area is 344 Å². The lowest BCUT2D eigenvalue weighted by molar-refractivity contribution is 0.654. The van der Waals surface area contributed by atoms with Crippen molar-refractivity contribution in [2.45, 2.75) is 0 Å². The Morgan fingerprint density at radius 2 is 0.900 bits per heavy atom. The van der Waals surface area contributed by atoms with E-state index in [1.807, 2.05) is 18.2 Å². The van der Waals surface area contributed by atoms with Crippen molar-refractivity contribution in [1.29, 1.82) is 0 Å². The maximum Gasteiger partial charge on any atom is 0.227 e. The summed E-state index contributed by atoms with van der Waals surface area (Å²) in [5, 5.41) is 6.84. The van der Waals surface area contributed by atoms with Crippen molar-refractivity contribution in [3.8, 4) is 62.1 Å². The number of pyridine rings is 1. The van der Waals surface area contributed by atoms with Crippen molar-refractivity contribution in [2.24, 2.45) is 0 Å². The van der Waals surface area contributed by atoms with Gasteiger partial charge in [-0.2, -0.15) is 0 Å². The highest BCUT2D eigenvalue weighted by atomic mass is 16.3. The molecule has 12 rings (SSSR count). The molecule has 0 saturated heterocycles. The van der Waals surface area contributed by atoms with Crippen LogP contribution in [-0.4, -0.2) is 24.5 Å². The van der Waals surface area contributed by atoms with E-state index < -0.39 is 0 Å². The van der Waals surface area contributed by atoms with Gasteiger partial charge < -0.3 is 8.98 Å². The zero-order valence-electron chi connectivity index (χ0n) is 32.2. The molecule has 0 aliphatic carbocycles. The van der Waals surface area contributed by atoms with Gasteiger partial charge in [0.2, 0.25) is 5.71 Å². The number of hydrogen-bond donors (Lipinski definition) is 0. The van der Waals surface area contributed by atoms with E-state index in [2.05, 4.69) is 180 Å². The third-order valence-corrected chi connectivity index (χ3v) is 11.5. The molecular weight excluding hydrogens is 735 g/mol. The Morgan fingerprint density at radius 3 is 1.65 bits per heavy atom. The highest BCUT2D eigenvalue weighted by Crippen LogP contribution is 2.35. The summed E-state index contributed by atoms with van der Waals surface area (Å²) < 4.78 is 8.40. The van der Waals surface area contributed by atoms with Gasteiger partial charge >= 0.3 is 0 Å². The predicted molar refractivity (Wildman–Crippen MR) is 244 cm³/mol. The van der Waals surface area contributed by atoms with Crippen LogP contribution in [-0.2, 0) is 0 Å². The van der Waals surface area contributed by atoms with Crippen LogP contribution in [0.4, 0.5) is 0 Å². The van der Waals surface area contributed by atoms with Crippen LogP contribution in [0.25, 0.3) is 117 Å². The zero-order chi connectivity index (χ0) is 39.6. The molecule has 280 valence electrons. The lowest BCUT2D eigenvalue weighted by atomic mass is 10.00. The average molecular weight is 768 g/mol. The largest absolute Gasteiger partial charge is 0.438 e. The van der Waals surface area contributed by atoms with Gasteiger partial charge in [0.15, 0.2) is 17.5 Å². The minimum absolute atomic E-state index is 0.536. The molecule has 4 heterocycles. The molecule has 0 N–H and O–H groups in total. The quantitative estimate of drug-likeness (QED) is 0.168. The zero-order valence-corrected chi connectivity index (χ0v) is 32.2. The van der Waals surface area contributed by atoms with E-state index in [0.29, 0.717) is 23.2 Å². The SMILES string of the molecule is c1cc(-c2ccc(-n3c4ccccc4c4ccccc43)cc2)cc(-c2nc(-c3ccc(-c4ccc5ccccc5c4)cc3)nc(-c3cnc4oc5ccccc5c4c3)n2)c1. The maximum atomic E-state index is 6.06. The molecule has 0 spiro atoms. The summed E-state index contributed by atoms with van der Waals surface area (Å²) in [6, 6.07) is 67.9. The summed E-state index contributed by atoms with van der Waals surface area (Å²) in [5.74, 6) is 1.70. The van der Waals surface area contributed by atoms with Crippen LogP contribution < -0.4 is 0 Å². The summed E-state index contributed by atoms with van der Waals surface area (Å²) in [6.45, 7) is 0. The third kappa shape index (κ3) is 5.73. The molecule has 0 bridgehead atoms. The molecule has 0 unspecified atom stereocenters. The molecule has 0 radical (unpaired) electrons.